The summed E-state index contributed by atoms with van der Waals surface area (Å²) in [6.07, 6.45) is 0.971. The van der Waals surface area contributed by atoms with E-state index in [9.17, 15) is 4.39 Å². The third kappa shape index (κ3) is 2.01. The van der Waals surface area contributed by atoms with Gasteiger partial charge in [0.05, 0.1) is 0 Å². The number of hydrogen-bond donors (Lipinski definition) is 0. The third-order valence-corrected chi connectivity index (χ3v) is 3.29. The van der Waals surface area contributed by atoms with E-state index < -0.39 is 0 Å². The van der Waals surface area contributed by atoms with Crippen LogP contribution in [-0.4, -0.2) is 21.3 Å². The molecule has 1 aromatic heterocycles. The zero-order valence-electron chi connectivity index (χ0n) is 9.90. The molecule has 6 heteroatoms. The highest BCUT2D eigenvalue weighted by Crippen LogP contribution is 2.29. The summed E-state index contributed by atoms with van der Waals surface area (Å²) in [6, 6.07) is 5.01. The van der Waals surface area contributed by atoms with Crippen molar-refractivity contribution in [3.63, 3.8) is 0 Å². The summed E-state index contributed by atoms with van der Waals surface area (Å²) in [5, 5.41) is 4.26. The van der Waals surface area contributed by atoms with Crippen molar-refractivity contribution < 1.29 is 4.39 Å². The van der Waals surface area contributed by atoms with Crippen molar-refractivity contribution in [1.82, 2.24) is 14.8 Å². The van der Waals surface area contributed by atoms with Crippen molar-refractivity contribution in [3.05, 3.63) is 34.3 Å². The smallest absolute Gasteiger partial charge is 0.229 e. The Morgan fingerprint density at radius 3 is 2.89 bits per heavy atom. The van der Waals surface area contributed by atoms with Gasteiger partial charge in [-0.1, -0.05) is 0 Å². The predicted molar refractivity (Wildman–Crippen MR) is 70.5 cm³/mol. The van der Waals surface area contributed by atoms with Gasteiger partial charge in [-0.3, -0.25) is 0 Å². The highest BCUT2D eigenvalue weighted by atomic mass is 79.9. The Bertz CT molecular complexity index is 576. The van der Waals surface area contributed by atoms with Gasteiger partial charge in [-0.15, -0.1) is 5.10 Å². The standard InChI is InChI=1S/C12H12BrFN4/c1-8-5-9(14)7-10(6-8)17-3-2-4-18-12(17)15-11(13)16-18/h5-7H,2-4H2,1H3. The molecule has 0 aliphatic carbocycles. The van der Waals surface area contributed by atoms with E-state index in [0.717, 1.165) is 36.7 Å². The van der Waals surface area contributed by atoms with E-state index in [-0.39, 0.29) is 5.82 Å². The third-order valence-electron chi connectivity index (χ3n) is 2.96. The first-order valence-corrected chi connectivity index (χ1v) is 6.58. The monoisotopic (exact) mass is 310 g/mol. The fourth-order valence-electron chi connectivity index (χ4n) is 2.25. The first kappa shape index (κ1) is 11.6. The average Bonchev–Trinajstić information content (AvgIpc) is 2.67. The number of anilines is 2. The molecule has 1 aliphatic rings. The SMILES string of the molecule is Cc1cc(F)cc(N2CCCn3nc(Br)nc32)c1. The van der Waals surface area contributed by atoms with Crippen LogP contribution in [0.25, 0.3) is 0 Å². The molecule has 0 saturated carbocycles. The molecule has 3 rings (SSSR count). The molecular weight excluding hydrogens is 299 g/mol. The minimum Gasteiger partial charge on any atom is -0.311 e. The summed E-state index contributed by atoms with van der Waals surface area (Å²) < 4.78 is 15.9. The largest absolute Gasteiger partial charge is 0.311 e. The summed E-state index contributed by atoms with van der Waals surface area (Å²) in [6.45, 7) is 3.56. The zero-order chi connectivity index (χ0) is 12.7. The number of aromatic nitrogens is 3. The van der Waals surface area contributed by atoms with Crippen molar-refractivity contribution in [1.29, 1.82) is 0 Å². The molecule has 0 spiro atoms. The van der Waals surface area contributed by atoms with Crippen LogP contribution in [0.1, 0.15) is 12.0 Å². The summed E-state index contributed by atoms with van der Waals surface area (Å²) in [5.74, 6) is 0.541. The van der Waals surface area contributed by atoms with Gasteiger partial charge in [0.2, 0.25) is 10.7 Å². The summed E-state index contributed by atoms with van der Waals surface area (Å²) in [7, 11) is 0. The fourth-order valence-corrected chi connectivity index (χ4v) is 2.60. The van der Waals surface area contributed by atoms with Gasteiger partial charge < -0.3 is 4.90 Å². The molecule has 2 heterocycles. The molecular formula is C12H12BrFN4. The maximum Gasteiger partial charge on any atom is 0.229 e. The normalized spacial score (nSPS) is 14.7. The van der Waals surface area contributed by atoms with Crippen LogP contribution in [0.4, 0.5) is 16.0 Å². The molecule has 2 aromatic rings. The number of nitrogens with zero attached hydrogens (tertiary/aromatic N) is 4. The van der Waals surface area contributed by atoms with Crippen molar-refractivity contribution >= 4 is 27.6 Å². The number of halogens is 2. The quantitative estimate of drug-likeness (QED) is 0.812. The van der Waals surface area contributed by atoms with Gasteiger partial charge in [0.15, 0.2) is 0 Å². The summed E-state index contributed by atoms with van der Waals surface area (Å²) in [4.78, 5) is 6.34. The van der Waals surface area contributed by atoms with Crippen molar-refractivity contribution in [2.45, 2.75) is 19.9 Å². The zero-order valence-corrected chi connectivity index (χ0v) is 11.5. The second-order valence-electron chi connectivity index (χ2n) is 4.40. The number of fused-ring (bicyclic) bond motifs is 1. The highest BCUT2D eigenvalue weighted by molar-refractivity contribution is 9.10. The van der Waals surface area contributed by atoms with Gasteiger partial charge in [0.25, 0.3) is 0 Å². The molecule has 0 amide bonds. The molecule has 94 valence electrons. The second kappa shape index (κ2) is 4.35. The molecule has 18 heavy (non-hydrogen) atoms. The van der Waals surface area contributed by atoms with Crippen LogP contribution >= 0.6 is 15.9 Å². The van der Waals surface area contributed by atoms with Gasteiger partial charge in [-0.25, -0.2) is 9.07 Å². The maximum absolute atomic E-state index is 13.5. The summed E-state index contributed by atoms with van der Waals surface area (Å²) >= 11 is 3.28. The molecule has 0 bridgehead atoms. The molecule has 4 nitrogen and oxygen atoms in total. The van der Waals surface area contributed by atoms with Crippen LogP contribution in [0.3, 0.4) is 0 Å². The van der Waals surface area contributed by atoms with Gasteiger partial charge in [0.1, 0.15) is 5.82 Å². The van der Waals surface area contributed by atoms with Crippen LogP contribution in [0.15, 0.2) is 22.9 Å². The Labute approximate surface area is 113 Å². The van der Waals surface area contributed by atoms with E-state index in [1.807, 2.05) is 22.6 Å². The molecule has 0 unspecified atom stereocenters. The molecule has 1 aliphatic heterocycles. The number of hydrogen-bond acceptors (Lipinski definition) is 3. The molecule has 0 radical (unpaired) electrons. The van der Waals surface area contributed by atoms with Gasteiger partial charge in [0, 0.05) is 18.8 Å². The van der Waals surface area contributed by atoms with Gasteiger partial charge in [-0.05, 0) is 53.0 Å². The second-order valence-corrected chi connectivity index (χ2v) is 5.11. The Morgan fingerprint density at radius 1 is 1.28 bits per heavy atom. The van der Waals surface area contributed by atoms with Crippen LogP contribution in [0.5, 0.6) is 0 Å². The average molecular weight is 311 g/mol. The summed E-state index contributed by atoms with van der Waals surface area (Å²) in [5.41, 5.74) is 1.73. The molecule has 0 N–H and O–H groups in total. The molecule has 0 atom stereocenters. The number of rotatable bonds is 1. The van der Waals surface area contributed by atoms with E-state index in [0.29, 0.717) is 4.73 Å². The molecule has 0 fully saturated rings. The Morgan fingerprint density at radius 2 is 2.11 bits per heavy atom. The Balaban J connectivity index is 2.07. The topological polar surface area (TPSA) is 34.0 Å². The van der Waals surface area contributed by atoms with E-state index in [1.165, 1.54) is 12.1 Å². The minimum absolute atomic E-state index is 0.222. The van der Waals surface area contributed by atoms with E-state index in [1.54, 1.807) is 0 Å². The number of aryl methyl sites for hydroxylation is 2. The van der Waals surface area contributed by atoms with Crippen LogP contribution in [0, 0.1) is 12.7 Å². The lowest BCUT2D eigenvalue weighted by atomic mass is 10.2. The minimum atomic E-state index is -0.222. The lowest BCUT2D eigenvalue weighted by molar-refractivity contribution is 0.536. The van der Waals surface area contributed by atoms with Gasteiger partial charge in [-0.2, -0.15) is 4.98 Å². The molecule has 0 saturated heterocycles. The van der Waals surface area contributed by atoms with Crippen LogP contribution in [0.2, 0.25) is 0 Å². The van der Waals surface area contributed by atoms with E-state index in [4.69, 9.17) is 0 Å². The van der Waals surface area contributed by atoms with Crippen molar-refractivity contribution in [3.8, 4) is 0 Å². The van der Waals surface area contributed by atoms with Crippen molar-refractivity contribution in [2.75, 3.05) is 11.4 Å². The van der Waals surface area contributed by atoms with Crippen LogP contribution in [-0.2, 0) is 6.54 Å². The van der Waals surface area contributed by atoms with Crippen molar-refractivity contribution in [2.24, 2.45) is 0 Å². The lowest BCUT2D eigenvalue weighted by Gasteiger charge is -2.28. The van der Waals surface area contributed by atoms with Gasteiger partial charge >= 0.3 is 0 Å². The molecule has 1 aromatic carbocycles. The highest BCUT2D eigenvalue weighted by Gasteiger charge is 2.22. The number of benzene rings is 1. The predicted octanol–water partition coefficient (Wildman–Crippen LogP) is 3.03. The Hall–Kier alpha value is -1.43. The van der Waals surface area contributed by atoms with E-state index >= 15 is 0 Å². The lowest BCUT2D eigenvalue weighted by Crippen LogP contribution is -2.28. The fraction of sp³-hybridized carbons (Fsp3) is 0.333. The van der Waals surface area contributed by atoms with Crippen LogP contribution < -0.4 is 4.90 Å². The first-order chi connectivity index (χ1) is 8.63. The van der Waals surface area contributed by atoms with E-state index in [2.05, 4.69) is 26.0 Å². The first-order valence-electron chi connectivity index (χ1n) is 5.78. The maximum atomic E-state index is 13.5. The Kier molecular flexibility index (Phi) is 2.81.